The number of rotatable bonds is 8. The minimum atomic E-state index is -4.51. The van der Waals surface area contributed by atoms with Crippen molar-refractivity contribution in [2.75, 3.05) is 5.32 Å². The lowest BCUT2D eigenvalue weighted by Crippen LogP contribution is -2.29. The minimum Gasteiger partial charge on any atom is -0.479 e. The summed E-state index contributed by atoms with van der Waals surface area (Å²) < 4.78 is 48.5. The highest BCUT2D eigenvalue weighted by atomic mass is 19.4. The summed E-state index contributed by atoms with van der Waals surface area (Å²) in [6.07, 6.45) is -6.41. The number of hydrogen-bond donors (Lipinski definition) is 2. The quantitative estimate of drug-likeness (QED) is 0.630. The van der Waals surface area contributed by atoms with E-state index in [9.17, 15) is 27.9 Å². The summed E-state index contributed by atoms with van der Waals surface area (Å²) >= 11 is 0. The van der Waals surface area contributed by atoms with Crippen LogP contribution in [0.15, 0.2) is 48.5 Å². The molecule has 0 aliphatic heterocycles. The Bertz CT molecular complexity index is 866. The number of anilines is 1. The van der Waals surface area contributed by atoms with Gasteiger partial charge in [-0.3, -0.25) is 5.32 Å². The molecule has 9 heteroatoms. The summed E-state index contributed by atoms with van der Waals surface area (Å²) in [5.74, 6) is -1.05. The molecule has 2 aromatic rings. The molecule has 6 nitrogen and oxygen atoms in total. The Labute approximate surface area is 171 Å². The third-order valence-corrected chi connectivity index (χ3v) is 3.96. The maximum Gasteiger partial charge on any atom is 0.416 e. The molecule has 0 aromatic heterocycles. The number of aliphatic carboxylic acids is 1. The molecule has 0 aliphatic carbocycles. The van der Waals surface area contributed by atoms with Crippen LogP contribution in [0.4, 0.5) is 23.7 Å². The summed E-state index contributed by atoms with van der Waals surface area (Å²) in [4.78, 5) is 23.1. The number of carboxylic acid groups (broad SMARTS) is 1. The van der Waals surface area contributed by atoms with Gasteiger partial charge < -0.3 is 14.6 Å². The van der Waals surface area contributed by atoms with E-state index in [4.69, 9.17) is 9.47 Å². The standard InChI is InChI=1S/C21H22F3NO5/c1-13(2)30-18(19(26)27)10-14-6-8-15(9-7-14)12-29-20(28)25-17-5-3-4-16(11-17)21(22,23)24/h3-9,11,13,18H,10,12H2,1-2H3,(H,25,28)(H,26,27). The predicted octanol–water partition coefficient (Wildman–Crippen LogP) is 4.87. The SMILES string of the molecule is CC(C)OC(Cc1ccc(COC(=O)Nc2cccc(C(F)(F)F)c2)cc1)C(=O)O. The maximum atomic E-state index is 12.7. The number of amides is 1. The first-order chi connectivity index (χ1) is 14.0. The van der Waals surface area contributed by atoms with E-state index in [-0.39, 0.29) is 24.8 Å². The Balaban J connectivity index is 1.89. The van der Waals surface area contributed by atoms with E-state index in [2.05, 4.69) is 5.32 Å². The Morgan fingerprint density at radius 3 is 2.27 bits per heavy atom. The van der Waals surface area contributed by atoms with Crippen molar-refractivity contribution in [3.05, 3.63) is 65.2 Å². The van der Waals surface area contributed by atoms with Crippen LogP contribution in [0.1, 0.15) is 30.5 Å². The number of carbonyl (C=O) groups excluding carboxylic acids is 1. The van der Waals surface area contributed by atoms with E-state index in [0.717, 1.165) is 17.7 Å². The number of halogens is 3. The summed E-state index contributed by atoms with van der Waals surface area (Å²) in [6, 6.07) is 11.0. The minimum absolute atomic E-state index is 0.0324. The molecule has 0 radical (unpaired) electrons. The molecule has 2 rings (SSSR count). The molecule has 2 N–H and O–H groups in total. The number of ether oxygens (including phenoxy) is 2. The van der Waals surface area contributed by atoms with Gasteiger partial charge in [-0.15, -0.1) is 0 Å². The molecular weight excluding hydrogens is 403 g/mol. The van der Waals surface area contributed by atoms with Crippen molar-refractivity contribution in [1.82, 2.24) is 0 Å². The number of benzene rings is 2. The lowest BCUT2D eigenvalue weighted by atomic mass is 10.1. The van der Waals surface area contributed by atoms with E-state index in [0.29, 0.717) is 5.56 Å². The summed E-state index contributed by atoms with van der Waals surface area (Å²) in [7, 11) is 0. The third-order valence-electron chi connectivity index (χ3n) is 3.96. The summed E-state index contributed by atoms with van der Waals surface area (Å²) in [6.45, 7) is 3.40. The fourth-order valence-corrected chi connectivity index (χ4v) is 2.58. The van der Waals surface area contributed by atoms with Crippen LogP contribution < -0.4 is 5.32 Å². The van der Waals surface area contributed by atoms with E-state index in [1.54, 1.807) is 38.1 Å². The second kappa shape index (κ2) is 10.1. The molecule has 162 valence electrons. The van der Waals surface area contributed by atoms with Gasteiger partial charge in [0.05, 0.1) is 11.7 Å². The van der Waals surface area contributed by atoms with Gasteiger partial charge in [-0.05, 0) is 43.2 Å². The molecule has 0 bridgehead atoms. The molecule has 0 fully saturated rings. The van der Waals surface area contributed by atoms with Crippen LogP contribution in [0.5, 0.6) is 0 Å². The van der Waals surface area contributed by atoms with E-state index >= 15 is 0 Å². The van der Waals surface area contributed by atoms with E-state index < -0.39 is 29.9 Å². The highest BCUT2D eigenvalue weighted by Gasteiger charge is 2.30. The third kappa shape index (κ3) is 7.40. The molecule has 1 amide bonds. The molecule has 0 spiro atoms. The number of carbonyl (C=O) groups is 2. The second-order valence-corrected chi connectivity index (χ2v) is 6.81. The molecule has 2 aromatic carbocycles. The molecular formula is C21H22F3NO5. The smallest absolute Gasteiger partial charge is 0.416 e. The van der Waals surface area contributed by atoms with Gasteiger partial charge in [0, 0.05) is 12.1 Å². The van der Waals surface area contributed by atoms with Gasteiger partial charge in [-0.2, -0.15) is 13.2 Å². The first kappa shape index (κ1) is 23.2. The van der Waals surface area contributed by atoms with Crippen molar-refractivity contribution >= 4 is 17.7 Å². The Morgan fingerprint density at radius 1 is 1.07 bits per heavy atom. The topological polar surface area (TPSA) is 84.9 Å². The van der Waals surface area contributed by atoms with Crippen LogP contribution in [0.25, 0.3) is 0 Å². The number of hydrogen-bond acceptors (Lipinski definition) is 4. The van der Waals surface area contributed by atoms with Gasteiger partial charge >= 0.3 is 18.2 Å². The maximum absolute atomic E-state index is 12.7. The Morgan fingerprint density at radius 2 is 1.70 bits per heavy atom. The van der Waals surface area contributed by atoms with Crippen molar-refractivity contribution in [2.45, 2.75) is 45.3 Å². The molecule has 0 saturated carbocycles. The van der Waals surface area contributed by atoms with Crippen LogP contribution in [0, 0.1) is 0 Å². The average Bonchev–Trinajstić information content (AvgIpc) is 2.66. The monoisotopic (exact) mass is 425 g/mol. The second-order valence-electron chi connectivity index (χ2n) is 6.81. The Kier molecular flexibility index (Phi) is 7.82. The van der Waals surface area contributed by atoms with Crippen molar-refractivity contribution in [3.8, 4) is 0 Å². The van der Waals surface area contributed by atoms with E-state index in [1.165, 1.54) is 12.1 Å². The van der Waals surface area contributed by atoms with Gasteiger partial charge in [0.2, 0.25) is 0 Å². The van der Waals surface area contributed by atoms with Crippen LogP contribution in [-0.4, -0.2) is 29.4 Å². The first-order valence-corrected chi connectivity index (χ1v) is 9.11. The lowest BCUT2D eigenvalue weighted by molar-refractivity contribution is -0.153. The molecule has 0 heterocycles. The number of carboxylic acids is 1. The summed E-state index contributed by atoms with van der Waals surface area (Å²) in [5, 5.41) is 11.5. The number of nitrogens with one attached hydrogen (secondary N) is 1. The van der Waals surface area contributed by atoms with Crippen LogP contribution in [0.3, 0.4) is 0 Å². The van der Waals surface area contributed by atoms with E-state index in [1.807, 2.05) is 0 Å². The molecule has 0 saturated heterocycles. The van der Waals surface area contributed by atoms with Crippen LogP contribution in [-0.2, 0) is 33.5 Å². The molecule has 1 atom stereocenters. The highest BCUT2D eigenvalue weighted by molar-refractivity contribution is 5.84. The van der Waals surface area contributed by atoms with Gasteiger partial charge in [0.15, 0.2) is 6.10 Å². The van der Waals surface area contributed by atoms with Crippen molar-refractivity contribution in [2.24, 2.45) is 0 Å². The van der Waals surface area contributed by atoms with Crippen molar-refractivity contribution in [3.63, 3.8) is 0 Å². The van der Waals surface area contributed by atoms with Gasteiger partial charge in [-0.1, -0.05) is 30.3 Å². The largest absolute Gasteiger partial charge is 0.479 e. The van der Waals surface area contributed by atoms with Gasteiger partial charge in [0.25, 0.3) is 0 Å². The molecule has 30 heavy (non-hydrogen) atoms. The zero-order chi connectivity index (χ0) is 22.3. The fraction of sp³-hybridized carbons (Fsp3) is 0.333. The molecule has 1 unspecified atom stereocenters. The van der Waals surface area contributed by atoms with Crippen LogP contribution in [0.2, 0.25) is 0 Å². The fourth-order valence-electron chi connectivity index (χ4n) is 2.58. The highest BCUT2D eigenvalue weighted by Crippen LogP contribution is 2.30. The Hall–Kier alpha value is -3.07. The predicted molar refractivity (Wildman–Crippen MR) is 103 cm³/mol. The molecule has 0 aliphatic rings. The first-order valence-electron chi connectivity index (χ1n) is 9.11. The lowest BCUT2D eigenvalue weighted by Gasteiger charge is -2.16. The normalized spacial score (nSPS) is 12.5. The number of alkyl halides is 3. The van der Waals surface area contributed by atoms with Gasteiger partial charge in [0.1, 0.15) is 6.61 Å². The zero-order valence-corrected chi connectivity index (χ0v) is 16.4. The van der Waals surface area contributed by atoms with Crippen molar-refractivity contribution in [1.29, 1.82) is 0 Å². The zero-order valence-electron chi connectivity index (χ0n) is 16.4. The van der Waals surface area contributed by atoms with Crippen LogP contribution >= 0.6 is 0 Å². The summed E-state index contributed by atoms with van der Waals surface area (Å²) in [5.41, 5.74) is 0.460. The van der Waals surface area contributed by atoms with Crippen molar-refractivity contribution < 1.29 is 37.3 Å². The van der Waals surface area contributed by atoms with Gasteiger partial charge in [-0.25, -0.2) is 9.59 Å². The average molecular weight is 425 g/mol.